The summed E-state index contributed by atoms with van der Waals surface area (Å²) in [5.74, 6) is -0.0609. The van der Waals surface area contributed by atoms with Gasteiger partial charge in [-0.25, -0.2) is 0 Å². The lowest BCUT2D eigenvalue weighted by molar-refractivity contribution is 0.0953. The maximum atomic E-state index is 11.8. The Balaban J connectivity index is 2.47. The van der Waals surface area contributed by atoms with Crippen molar-refractivity contribution in [3.8, 4) is 0 Å². The van der Waals surface area contributed by atoms with E-state index in [4.69, 9.17) is 11.6 Å². The fourth-order valence-corrected chi connectivity index (χ4v) is 2.82. The first kappa shape index (κ1) is 15.0. The smallest absolute Gasteiger partial charge is 0.251 e. The predicted molar refractivity (Wildman–Crippen MR) is 78.7 cm³/mol. The fraction of sp³-hybridized carbons (Fsp3) is 0.417. The van der Waals surface area contributed by atoms with Crippen LogP contribution in [0.1, 0.15) is 30.1 Å². The molecule has 1 unspecified atom stereocenters. The van der Waals surface area contributed by atoms with Gasteiger partial charge in [0.25, 0.3) is 5.91 Å². The Morgan fingerprint density at radius 3 is 2.47 bits per heavy atom. The lowest BCUT2D eigenvalue weighted by Gasteiger charge is -2.07. The second kappa shape index (κ2) is 7.39. The highest BCUT2D eigenvalue weighted by molar-refractivity contribution is 9.11. The second-order valence-electron chi connectivity index (χ2n) is 3.84. The molecule has 0 aliphatic carbocycles. The highest BCUT2D eigenvalue weighted by Gasteiger charge is 2.07. The summed E-state index contributed by atoms with van der Waals surface area (Å²) in [4.78, 5) is 11.8. The molecular formula is C12H14Br2ClNO. The molecule has 0 bridgehead atoms. The molecule has 1 atom stereocenters. The summed E-state index contributed by atoms with van der Waals surface area (Å²) in [5, 5.41) is 3.03. The van der Waals surface area contributed by atoms with Crippen LogP contribution in [0.5, 0.6) is 0 Å². The van der Waals surface area contributed by atoms with Gasteiger partial charge in [0.15, 0.2) is 0 Å². The first-order valence-corrected chi connectivity index (χ1v) is 7.39. The molecule has 1 aromatic rings. The molecule has 0 aliphatic heterocycles. The van der Waals surface area contributed by atoms with E-state index in [1.807, 2.05) is 13.0 Å². The van der Waals surface area contributed by atoms with Gasteiger partial charge in [0.2, 0.25) is 0 Å². The van der Waals surface area contributed by atoms with Crippen molar-refractivity contribution in [2.24, 2.45) is 0 Å². The number of rotatable bonds is 5. The third-order valence-electron chi connectivity index (χ3n) is 2.19. The van der Waals surface area contributed by atoms with Crippen LogP contribution < -0.4 is 5.32 Å². The molecule has 1 rings (SSSR count). The maximum absolute atomic E-state index is 11.8. The van der Waals surface area contributed by atoms with Crippen molar-refractivity contribution in [1.82, 2.24) is 5.32 Å². The Morgan fingerprint density at radius 2 is 1.94 bits per heavy atom. The molecule has 0 aliphatic rings. The van der Waals surface area contributed by atoms with Gasteiger partial charge in [-0.1, -0.05) is 31.9 Å². The van der Waals surface area contributed by atoms with Crippen LogP contribution in [0.4, 0.5) is 0 Å². The van der Waals surface area contributed by atoms with Gasteiger partial charge in [0.1, 0.15) is 0 Å². The Hall–Kier alpha value is -0.0600. The van der Waals surface area contributed by atoms with Crippen molar-refractivity contribution < 1.29 is 4.79 Å². The fourth-order valence-electron chi connectivity index (χ4n) is 1.37. The van der Waals surface area contributed by atoms with Crippen LogP contribution in [0.25, 0.3) is 0 Å². The van der Waals surface area contributed by atoms with E-state index in [1.54, 1.807) is 12.1 Å². The summed E-state index contributed by atoms with van der Waals surface area (Å²) >= 11 is 12.5. The minimum Gasteiger partial charge on any atom is -0.352 e. The average molecular weight is 384 g/mol. The first-order valence-electron chi connectivity index (χ1n) is 5.37. The van der Waals surface area contributed by atoms with Gasteiger partial charge in [-0.3, -0.25) is 4.79 Å². The minimum absolute atomic E-state index is 0.0609. The monoisotopic (exact) mass is 381 g/mol. The molecule has 17 heavy (non-hydrogen) atoms. The second-order valence-corrected chi connectivity index (χ2v) is 6.41. The molecule has 1 amide bonds. The minimum atomic E-state index is -0.0609. The summed E-state index contributed by atoms with van der Waals surface area (Å²) < 4.78 is 1.76. The lowest BCUT2D eigenvalue weighted by Crippen LogP contribution is -2.24. The number of amides is 1. The van der Waals surface area contributed by atoms with Crippen LogP contribution in [-0.4, -0.2) is 17.8 Å². The van der Waals surface area contributed by atoms with Gasteiger partial charge in [-0.2, -0.15) is 0 Å². The molecule has 1 aromatic carbocycles. The van der Waals surface area contributed by atoms with Gasteiger partial charge >= 0.3 is 0 Å². The molecule has 0 saturated heterocycles. The zero-order valence-corrected chi connectivity index (χ0v) is 13.4. The molecule has 0 heterocycles. The third-order valence-corrected chi connectivity index (χ3v) is 3.32. The SMILES string of the molecule is CC(Cl)CCCNC(=O)c1cc(Br)cc(Br)c1. The van der Waals surface area contributed by atoms with Crippen LogP contribution in [0, 0.1) is 0 Å². The van der Waals surface area contributed by atoms with E-state index < -0.39 is 0 Å². The van der Waals surface area contributed by atoms with E-state index in [-0.39, 0.29) is 11.3 Å². The summed E-state index contributed by atoms with van der Waals surface area (Å²) in [6, 6.07) is 5.49. The standard InChI is InChI=1S/C12H14Br2ClNO/c1-8(15)3-2-4-16-12(17)9-5-10(13)7-11(14)6-9/h5-8H,2-4H2,1H3,(H,16,17). The van der Waals surface area contributed by atoms with E-state index in [1.165, 1.54) is 0 Å². The first-order chi connectivity index (χ1) is 7.99. The van der Waals surface area contributed by atoms with Crippen molar-refractivity contribution in [3.05, 3.63) is 32.7 Å². The van der Waals surface area contributed by atoms with E-state index in [0.717, 1.165) is 21.8 Å². The Labute approximate surface area is 123 Å². The average Bonchev–Trinajstić information content (AvgIpc) is 2.22. The number of carbonyl (C=O) groups is 1. The van der Waals surface area contributed by atoms with Crippen molar-refractivity contribution in [3.63, 3.8) is 0 Å². The normalized spacial score (nSPS) is 12.2. The summed E-state index contributed by atoms with van der Waals surface area (Å²) in [5.41, 5.74) is 0.644. The molecule has 0 saturated carbocycles. The van der Waals surface area contributed by atoms with Gasteiger partial charge in [-0.15, -0.1) is 11.6 Å². The number of benzene rings is 1. The number of hydrogen-bond donors (Lipinski definition) is 1. The van der Waals surface area contributed by atoms with Gasteiger partial charge in [0.05, 0.1) is 0 Å². The zero-order chi connectivity index (χ0) is 12.8. The van der Waals surface area contributed by atoms with Gasteiger partial charge in [0, 0.05) is 26.4 Å². The largest absolute Gasteiger partial charge is 0.352 e. The zero-order valence-electron chi connectivity index (χ0n) is 9.47. The highest BCUT2D eigenvalue weighted by Crippen LogP contribution is 2.20. The van der Waals surface area contributed by atoms with Crippen LogP contribution in [0.2, 0.25) is 0 Å². The topological polar surface area (TPSA) is 29.1 Å². The number of carbonyl (C=O) groups excluding carboxylic acids is 1. The van der Waals surface area contributed by atoms with Crippen LogP contribution in [-0.2, 0) is 0 Å². The number of hydrogen-bond acceptors (Lipinski definition) is 1. The molecule has 5 heteroatoms. The Kier molecular flexibility index (Phi) is 6.52. The van der Waals surface area contributed by atoms with Gasteiger partial charge in [-0.05, 0) is 38.0 Å². The van der Waals surface area contributed by atoms with Gasteiger partial charge < -0.3 is 5.32 Å². The van der Waals surface area contributed by atoms with E-state index in [2.05, 4.69) is 37.2 Å². The van der Waals surface area contributed by atoms with Crippen LogP contribution >= 0.6 is 43.5 Å². The van der Waals surface area contributed by atoms with Crippen LogP contribution in [0.15, 0.2) is 27.1 Å². The Bertz CT molecular complexity index is 376. The molecule has 1 N–H and O–H groups in total. The maximum Gasteiger partial charge on any atom is 0.251 e. The van der Waals surface area contributed by atoms with Crippen molar-refractivity contribution in [2.45, 2.75) is 25.1 Å². The van der Waals surface area contributed by atoms with E-state index in [0.29, 0.717) is 12.1 Å². The number of nitrogens with one attached hydrogen (secondary N) is 1. The predicted octanol–water partition coefficient (Wildman–Crippen LogP) is 4.35. The molecule has 0 fully saturated rings. The van der Waals surface area contributed by atoms with E-state index >= 15 is 0 Å². The third kappa shape index (κ3) is 5.89. The highest BCUT2D eigenvalue weighted by atomic mass is 79.9. The molecule has 2 nitrogen and oxygen atoms in total. The molecule has 0 aromatic heterocycles. The number of halogens is 3. The quantitative estimate of drug-likeness (QED) is 0.594. The molecule has 94 valence electrons. The molecular weight excluding hydrogens is 369 g/mol. The van der Waals surface area contributed by atoms with E-state index in [9.17, 15) is 4.79 Å². The van der Waals surface area contributed by atoms with Crippen LogP contribution in [0.3, 0.4) is 0 Å². The van der Waals surface area contributed by atoms with Crippen molar-refractivity contribution >= 4 is 49.4 Å². The lowest BCUT2D eigenvalue weighted by atomic mass is 10.2. The molecule has 0 radical (unpaired) electrons. The summed E-state index contributed by atoms with van der Waals surface area (Å²) in [6.45, 7) is 2.61. The molecule has 0 spiro atoms. The summed E-state index contributed by atoms with van der Waals surface area (Å²) in [6.07, 6.45) is 1.80. The number of alkyl halides is 1. The van der Waals surface area contributed by atoms with Crippen molar-refractivity contribution in [2.75, 3.05) is 6.54 Å². The summed E-state index contributed by atoms with van der Waals surface area (Å²) in [7, 11) is 0. The Morgan fingerprint density at radius 1 is 1.35 bits per heavy atom. The van der Waals surface area contributed by atoms with Crippen molar-refractivity contribution in [1.29, 1.82) is 0 Å².